The predicted octanol–water partition coefficient (Wildman–Crippen LogP) is 2.11. The molecular formula is C9H18N2S. The molecule has 0 bridgehead atoms. The summed E-state index contributed by atoms with van der Waals surface area (Å²) in [6, 6.07) is 0.581. The van der Waals surface area contributed by atoms with E-state index >= 15 is 0 Å². The minimum atomic E-state index is 0.344. The minimum absolute atomic E-state index is 0.344. The van der Waals surface area contributed by atoms with Gasteiger partial charge in [-0.3, -0.25) is 4.99 Å². The number of aliphatic imine (C=N–C) groups is 1. The van der Waals surface area contributed by atoms with Crippen LogP contribution in [0.25, 0.3) is 0 Å². The maximum Gasteiger partial charge on any atom is 0.156 e. The molecule has 1 heterocycles. The average molecular weight is 186 g/mol. The molecule has 3 heteroatoms. The van der Waals surface area contributed by atoms with Crippen LogP contribution in [0.5, 0.6) is 0 Å². The highest BCUT2D eigenvalue weighted by molar-refractivity contribution is 8.13. The van der Waals surface area contributed by atoms with Crippen LogP contribution in [-0.2, 0) is 0 Å². The van der Waals surface area contributed by atoms with E-state index in [0.29, 0.717) is 11.5 Å². The van der Waals surface area contributed by atoms with Gasteiger partial charge in [0.05, 0.1) is 0 Å². The molecule has 1 N–H and O–H groups in total. The molecule has 1 atom stereocenters. The van der Waals surface area contributed by atoms with Crippen LogP contribution < -0.4 is 5.32 Å². The second-order valence-corrected chi connectivity index (χ2v) is 5.31. The van der Waals surface area contributed by atoms with Crippen molar-refractivity contribution in [2.24, 2.45) is 10.4 Å². The summed E-state index contributed by atoms with van der Waals surface area (Å²) in [6.45, 7) is 6.82. The predicted molar refractivity (Wildman–Crippen MR) is 56.8 cm³/mol. The molecule has 0 aromatic heterocycles. The fourth-order valence-corrected chi connectivity index (χ4v) is 2.22. The lowest BCUT2D eigenvalue weighted by Gasteiger charge is -2.35. The van der Waals surface area contributed by atoms with Crippen molar-refractivity contribution >= 4 is 16.9 Å². The van der Waals surface area contributed by atoms with E-state index in [9.17, 15) is 0 Å². The van der Waals surface area contributed by atoms with Gasteiger partial charge in [0.2, 0.25) is 0 Å². The molecule has 1 fully saturated rings. The first-order chi connectivity index (χ1) is 5.54. The SMILES string of the molecule is CN=C1NC(C(C)(C)C)CCS1. The molecule has 12 heavy (non-hydrogen) atoms. The van der Waals surface area contributed by atoms with E-state index in [2.05, 4.69) is 31.1 Å². The molecule has 0 amide bonds. The van der Waals surface area contributed by atoms with Crippen molar-refractivity contribution in [2.75, 3.05) is 12.8 Å². The Labute approximate surface area is 79.2 Å². The van der Waals surface area contributed by atoms with Crippen LogP contribution in [0.3, 0.4) is 0 Å². The largest absolute Gasteiger partial charge is 0.362 e. The molecule has 1 unspecified atom stereocenters. The van der Waals surface area contributed by atoms with Gasteiger partial charge in [-0.2, -0.15) is 0 Å². The second-order valence-electron chi connectivity index (χ2n) is 4.23. The van der Waals surface area contributed by atoms with Crippen LogP contribution in [0.15, 0.2) is 4.99 Å². The standard InChI is InChI=1S/C9H18N2S/c1-9(2,3)7-5-6-12-8(10-4)11-7/h7H,5-6H2,1-4H3,(H,10,11). The van der Waals surface area contributed by atoms with Crippen LogP contribution in [-0.4, -0.2) is 24.0 Å². The molecule has 0 spiro atoms. The van der Waals surface area contributed by atoms with Gasteiger partial charge in [0.15, 0.2) is 5.17 Å². The topological polar surface area (TPSA) is 24.4 Å². The molecule has 1 aliphatic heterocycles. The monoisotopic (exact) mass is 186 g/mol. The van der Waals surface area contributed by atoms with Gasteiger partial charge >= 0.3 is 0 Å². The number of amidine groups is 1. The number of nitrogens with one attached hydrogen (secondary N) is 1. The van der Waals surface area contributed by atoms with Crippen LogP contribution in [0.2, 0.25) is 0 Å². The summed E-state index contributed by atoms with van der Waals surface area (Å²) in [5.41, 5.74) is 0.344. The van der Waals surface area contributed by atoms with Gasteiger partial charge in [-0.1, -0.05) is 32.5 Å². The van der Waals surface area contributed by atoms with Gasteiger partial charge in [-0.05, 0) is 11.8 Å². The Hall–Kier alpha value is -0.180. The van der Waals surface area contributed by atoms with E-state index in [-0.39, 0.29) is 0 Å². The van der Waals surface area contributed by atoms with Crippen LogP contribution >= 0.6 is 11.8 Å². The van der Waals surface area contributed by atoms with Crippen molar-refractivity contribution in [1.29, 1.82) is 0 Å². The van der Waals surface area contributed by atoms with Crippen LogP contribution in [0.4, 0.5) is 0 Å². The summed E-state index contributed by atoms with van der Waals surface area (Å²) in [4.78, 5) is 4.18. The van der Waals surface area contributed by atoms with E-state index in [1.807, 2.05) is 18.8 Å². The molecule has 0 saturated carbocycles. The van der Waals surface area contributed by atoms with E-state index in [0.717, 1.165) is 5.17 Å². The second kappa shape index (κ2) is 3.69. The molecule has 1 rings (SSSR count). The third-order valence-corrected chi connectivity index (χ3v) is 3.21. The first-order valence-electron chi connectivity index (χ1n) is 4.40. The summed E-state index contributed by atoms with van der Waals surface area (Å²) in [5, 5.41) is 4.55. The first-order valence-corrected chi connectivity index (χ1v) is 5.38. The van der Waals surface area contributed by atoms with E-state index in [1.54, 1.807) is 0 Å². The van der Waals surface area contributed by atoms with Crippen molar-refractivity contribution in [3.05, 3.63) is 0 Å². The van der Waals surface area contributed by atoms with Gasteiger partial charge in [0.1, 0.15) is 0 Å². The summed E-state index contributed by atoms with van der Waals surface area (Å²) < 4.78 is 0. The maximum absolute atomic E-state index is 4.18. The first kappa shape index (κ1) is 9.90. The highest BCUT2D eigenvalue weighted by atomic mass is 32.2. The fraction of sp³-hybridized carbons (Fsp3) is 0.889. The van der Waals surface area contributed by atoms with Crippen molar-refractivity contribution < 1.29 is 0 Å². The Morgan fingerprint density at radius 2 is 2.17 bits per heavy atom. The zero-order chi connectivity index (χ0) is 9.19. The summed E-state index contributed by atoms with van der Waals surface area (Å²) in [7, 11) is 1.85. The zero-order valence-corrected chi connectivity index (χ0v) is 9.16. The van der Waals surface area contributed by atoms with E-state index in [4.69, 9.17) is 0 Å². The van der Waals surface area contributed by atoms with Crippen molar-refractivity contribution in [2.45, 2.75) is 33.2 Å². The molecule has 0 aliphatic carbocycles. The lowest BCUT2D eigenvalue weighted by molar-refractivity contribution is 0.290. The quantitative estimate of drug-likeness (QED) is 0.626. The fourth-order valence-electron chi connectivity index (χ4n) is 1.31. The lowest BCUT2D eigenvalue weighted by Crippen LogP contribution is -2.46. The molecule has 70 valence electrons. The zero-order valence-electron chi connectivity index (χ0n) is 8.35. The molecule has 2 nitrogen and oxygen atoms in total. The number of rotatable bonds is 0. The number of hydrogen-bond acceptors (Lipinski definition) is 2. The summed E-state index contributed by atoms with van der Waals surface area (Å²) >= 11 is 1.82. The van der Waals surface area contributed by atoms with Crippen LogP contribution in [0.1, 0.15) is 27.2 Å². The van der Waals surface area contributed by atoms with E-state index in [1.165, 1.54) is 12.2 Å². The molecule has 1 aliphatic rings. The minimum Gasteiger partial charge on any atom is -0.362 e. The Bertz CT molecular complexity index is 181. The molecule has 1 saturated heterocycles. The van der Waals surface area contributed by atoms with E-state index < -0.39 is 0 Å². The van der Waals surface area contributed by atoms with Gasteiger partial charge in [-0.25, -0.2) is 0 Å². The van der Waals surface area contributed by atoms with Crippen molar-refractivity contribution in [3.63, 3.8) is 0 Å². The summed E-state index contributed by atoms with van der Waals surface area (Å²) in [5.74, 6) is 1.20. The Balaban J connectivity index is 2.58. The van der Waals surface area contributed by atoms with Gasteiger partial charge in [-0.15, -0.1) is 0 Å². The number of thioether (sulfide) groups is 1. The average Bonchev–Trinajstić information content (AvgIpc) is 2.03. The van der Waals surface area contributed by atoms with Gasteiger partial charge in [0.25, 0.3) is 0 Å². The highest BCUT2D eigenvalue weighted by Gasteiger charge is 2.27. The smallest absolute Gasteiger partial charge is 0.156 e. The molecule has 0 aromatic carbocycles. The Morgan fingerprint density at radius 3 is 2.67 bits per heavy atom. The molecule has 0 aromatic rings. The number of nitrogens with zero attached hydrogens (tertiary/aromatic N) is 1. The maximum atomic E-state index is 4.18. The van der Waals surface area contributed by atoms with Crippen LogP contribution in [0, 0.1) is 5.41 Å². The lowest BCUT2D eigenvalue weighted by atomic mass is 9.85. The third-order valence-electron chi connectivity index (χ3n) is 2.19. The third kappa shape index (κ3) is 2.41. The van der Waals surface area contributed by atoms with Gasteiger partial charge in [0, 0.05) is 18.8 Å². The van der Waals surface area contributed by atoms with Gasteiger partial charge < -0.3 is 5.32 Å². The molecular weight excluding hydrogens is 168 g/mol. The highest BCUT2D eigenvalue weighted by Crippen LogP contribution is 2.27. The Morgan fingerprint density at radius 1 is 1.50 bits per heavy atom. The Kier molecular flexibility index (Phi) is 3.04. The normalized spacial score (nSPS) is 28.7. The number of hydrogen-bond donors (Lipinski definition) is 1. The molecule has 0 radical (unpaired) electrons. The van der Waals surface area contributed by atoms with Crippen molar-refractivity contribution in [1.82, 2.24) is 5.32 Å². The van der Waals surface area contributed by atoms with Crippen molar-refractivity contribution in [3.8, 4) is 0 Å². The summed E-state index contributed by atoms with van der Waals surface area (Å²) in [6.07, 6.45) is 1.24.